The topological polar surface area (TPSA) is 84.0 Å². The van der Waals surface area contributed by atoms with Gasteiger partial charge in [0.1, 0.15) is 0 Å². The van der Waals surface area contributed by atoms with E-state index in [-0.39, 0.29) is 16.4 Å². The van der Waals surface area contributed by atoms with Crippen LogP contribution in [0.4, 0.5) is 0 Å². The van der Waals surface area contributed by atoms with Gasteiger partial charge in [0, 0.05) is 26.2 Å². The molecule has 1 atom stereocenters. The zero-order valence-electron chi connectivity index (χ0n) is 17.9. The number of hydrogen-bond acceptors (Lipinski definition) is 5. The third-order valence-electron chi connectivity index (χ3n) is 6.00. The molecule has 0 unspecified atom stereocenters. The van der Waals surface area contributed by atoms with E-state index < -0.39 is 22.1 Å². The molecule has 2 fully saturated rings. The first-order valence-electron chi connectivity index (χ1n) is 10.9. The van der Waals surface area contributed by atoms with Crippen molar-refractivity contribution in [3.05, 3.63) is 29.8 Å². The van der Waals surface area contributed by atoms with Crippen molar-refractivity contribution in [1.82, 2.24) is 9.21 Å². The van der Waals surface area contributed by atoms with Gasteiger partial charge in [0.2, 0.25) is 10.0 Å². The molecule has 30 heavy (non-hydrogen) atoms. The first kappa shape index (κ1) is 22.7. The number of carbonyl (C=O) groups is 2. The minimum atomic E-state index is -3.66. The Morgan fingerprint density at radius 2 is 1.67 bits per heavy atom. The number of sulfonamides is 1. The molecule has 1 aromatic carbocycles. The Morgan fingerprint density at radius 3 is 2.30 bits per heavy atom. The number of hydrogen-bond donors (Lipinski definition) is 0. The molecule has 7 nitrogen and oxygen atoms in total. The summed E-state index contributed by atoms with van der Waals surface area (Å²) < 4.78 is 32.8. The Hall–Kier alpha value is -1.93. The van der Waals surface area contributed by atoms with Crippen LogP contribution in [0, 0.1) is 5.92 Å². The van der Waals surface area contributed by atoms with Gasteiger partial charge in [0.15, 0.2) is 6.10 Å². The molecule has 2 aliphatic rings. The lowest BCUT2D eigenvalue weighted by Crippen LogP contribution is -2.44. The molecule has 2 heterocycles. The number of esters is 1. The van der Waals surface area contributed by atoms with Crippen molar-refractivity contribution in [3.63, 3.8) is 0 Å². The van der Waals surface area contributed by atoms with Crippen molar-refractivity contribution in [2.75, 3.05) is 26.2 Å². The largest absolute Gasteiger partial charge is 0.449 e. The molecule has 1 amide bonds. The standard InChI is InChI=1S/C22H32N2O5S/c1-17-10-14-23(15-11-17)21(25)18(2)29-22(26)19-8-7-9-20(16-19)30(27,28)24-12-5-3-4-6-13-24/h7-9,16-18H,3-6,10-15H2,1-2H3/t18-/m0/s1. The predicted octanol–water partition coefficient (Wildman–Crippen LogP) is 3.06. The first-order chi connectivity index (χ1) is 14.3. The summed E-state index contributed by atoms with van der Waals surface area (Å²) in [6, 6.07) is 5.91. The van der Waals surface area contributed by atoms with Gasteiger partial charge in [-0.05, 0) is 56.7 Å². The SMILES string of the molecule is CC1CCN(C(=O)[C@H](C)OC(=O)c2cccc(S(=O)(=O)N3CCCCCC3)c2)CC1. The van der Waals surface area contributed by atoms with Crippen LogP contribution in [0.1, 0.15) is 62.7 Å². The summed E-state index contributed by atoms with van der Waals surface area (Å²) in [5.41, 5.74) is 0.137. The molecule has 0 aromatic heterocycles. The van der Waals surface area contributed by atoms with Gasteiger partial charge >= 0.3 is 5.97 Å². The molecule has 2 aliphatic heterocycles. The predicted molar refractivity (Wildman–Crippen MR) is 114 cm³/mol. The van der Waals surface area contributed by atoms with E-state index >= 15 is 0 Å². The van der Waals surface area contributed by atoms with E-state index in [2.05, 4.69) is 6.92 Å². The van der Waals surface area contributed by atoms with E-state index in [1.807, 2.05) is 0 Å². The van der Waals surface area contributed by atoms with Crippen molar-refractivity contribution in [1.29, 1.82) is 0 Å². The normalized spacial score (nSPS) is 20.4. The number of likely N-dealkylation sites (tertiary alicyclic amines) is 1. The zero-order chi connectivity index (χ0) is 21.7. The Morgan fingerprint density at radius 1 is 1.03 bits per heavy atom. The third kappa shape index (κ3) is 5.40. The van der Waals surface area contributed by atoms with Crippen molar-refractivity contribution in [3.8, 4) is 0 Å². The molecule has 166 valence electrons. The monoisotopic (exact) mass is 436 g/mol. The number of piperidine rings is 1. The fourth-order valence-electron chi connectivity index (χ4n) is 3.98. The van der Waals surface area contributed by atoms with Crippen LogP contribution in [0.25, 0.3) is 0 Å². The number of nitrogens with zero attached hydrogens (tertiary/aromatic N) is 2. The molecule has 0 N–H and O–H groups in total. The van der Waals surface area contributed by atoms with Crippen LogP contribution < -0.4 is 0 Å². The van der Waals surface area contributed by atoms with Crippen LogP contribution in [0.3, 0.4) is 0 Å². The van der Waals surface area contributed by atoms with E-state index in [4.69, 9.17) is 4.74 Å². The highest BCUT2D eigenvalue weighted by molar-refractivity contribution is 7.89. The number of ether oxygens (including phenoxy) is 1. The smallest absolute Gasteiger partial charge is 0.338 e. The van der Waals surface area contributed by atoms with E-state index in [1.165, 1.54) is 22.5 Å². The van der Waals surface area contributed by atoms with Crippen molar-refractivity contribution >= 4 is 21.9 Å². The summed E-state index contributed by atoms with van der Waals surface area (Å²) in [7, 11) is -3.66. The maximum Gasteiger partial charge on any atom is 0.338 e. The summed E-state index contributed by atoms with van der Waals surface area (Å²) in [5, 5.41) is 0. The summed E-state index contributed by atoms with van der Waals surface area (Å²) in [5.74, 6) is -0.293. The van der Waals surface area contributed by atoms with E-state index in [0.717, 1.165) is 38.5 Å². The fraction of sp³-hybridized carbons (Fsp3) is 0.636. The molecular weight excluding hydrogens is 404 g/mol. The second kappa shape index (κ2) is 9.92. The van der Waals surface area contributed by atoms with Crippen molar-refractivity contribution in [2.24, 2.45) is 5.92 Å². The minimum absolute atomic E-state index is 0.0860. The number of benzene rings is 1. The molecule has 0 radical (unpaired) electrons. The Bertz CT molecular complexity index is 854. The van der Waals surface area contributed by atoms with Crippen LogP contribution in [-0.4, -0.2) is 61.8 Å². The van der Waals surface area contributed by atoms with Gasteiger partial charge in [-0.25, -0.2) is 13.2 Å². The highest BCUT2D eigenvalue weighted by atomic mass is 32.2. The quantitative estimate of drug-likeness (QED) is 0.663. The van der Waals surface area contributed by atoms with Crippen molar-refractivity contribution < 1.29 is 22.7 Å². The molecule has 3 rings (SSSR count). The number of amides is 1. The highest BCUT2D eigenvalue weighted by Crippen LogP contribution is 2.22. The van der Waals surface area contributed by atoms with Crippen LogP contribution >= 0.6 is 0 Å². The number of carbonyl (C=O) groups excluding carboxylic acids is 2. The average molecular weight is 437 g/mol. The Balaban J connectivity index is 1.67. The molecule has 2 saturated heterocycles. The summed E-state index contributed by atoms with van der Waals surface area (Å²) in [6.45, 7) is 6.07. The summed E-state index contributed by atoms with van der Waals surface area (Å²) >= 11 is 0. The minimum Gasteiger partial charge on any atom is -0.449 e. The fourth-order valence-corrected chi connectivity index (χ4v) is 5.54. The van der Waals surface area contributed by atoms with Gasteiger partial charge in [-0.2, -0.15) is 4.31 Å². The van der Waals surface area contributed by atoms with Gasteiger partial charge in [-0.3, -0.25) is 4.79 Å². The second-order valence-corrected chi connectivity index (χ2v) is 10.3. The lowest BCUT2D eigenvalue weighted by atomic mass is 9.99. The molecule has 1 aromatic rings. The number of rotatable bonds is 5. The van der Waals surface area contributed by atoms with E-state index in [1.54, 1.807) is 17.9 Å². The molecule has 0 bridgehead atoms. The highest BCUT2D eigenvalue weighted by Gasteiger charge is 2.29. The summed E-state index contributed by atoms with van der Waals surface area (Å²) in [6.07, 6.45) is 4.73. The molecular formula is C22H32N2O5S. The Labute approximate surface area is 179 Å². The molecule has 0 spiro atoms. The average Bonchev–Trinajstić information content (AvgIpc) is 3.04. The first-order valence-corrected chi connectivity index (χ1v) is 12.3. The van der Waals surface area contributed by atoms with Gasteiger partial charge < -0.3 is 9.64 Å². The second-order valence-electron chi connectivity index (χ2n) is 8.40. The zero-order valence-corrected chi connectivity index (χ0v) is 18.7. The van der Waals surface area contributed by atoms with Gasteiger partial charge in [-0.15, -0.1) is 0 Å². The van der Waals surface area contributed by atoms with Crippen molar-refractivity contribution in [2.45, 2.75) is 63.4 Å². The van der Waals surface area contributed by atoms with E-state index in [0.29, 0.717) is 32.1 Å². The van der Waals surface area contributed by atoms with Gasteiger partial charge in [0.05, 0.1) is 10.5 Å². The lowest BCUT2D eigenvalue weighted by Gasteiger charge is -2.31. The molecule has 0 saturated carbocycles. The van der Waals surface area contributed by atoms with Crippen LogP contribution in [-0.2, 0) is 19.6 Å². The molecule has 8 heteroatoms. The van der Waals surface area contributed by atoms with Crippen LogP contribution in [0.2, 0.25) is 0 Å². The van der Waals surface area contributed by atoms with Crippen LogP contribution in [0.5, 0.6) is 0 Å². The maximum absolute atomic E-state index is 13.0. The van der Waals surface area contributed by atoms with Crippen LogP contribution in [0.15, 0.2) is 29.2 Å². The third-order valence-corrected chi connectivity index (χ3v) is 7.89. The Kier molecular flexibility index (Phi) is 7.52. The van der Waals surface area contributed by atoms with E-state index in [9.17, 15) is 18.0 Å². The lowest BCUT2D eigenvalue weighted by molar-refractivity contribution is -0.141. The maximum atomic E-state index is 13.0. The van der Waals surface area contributed by atoms with Gasteiger partial charge in [0.25, 0.3) is 5.91 Å². The van der Waals surface area contributed by atoms with Gasteiger partial charge in [-0.1, -0.05) is 25.8 Å². The summed E-state index contributed by atoms with van der Waals surface area (Å²) in [4.78, 5) is 27.0. The molecule has 0 aliphatic carbocycles.